The Bertz CT molecular complexity index is 221. The molecule has 0 aliphatic carbocycles. The Morgan fingerprint density at radius 3 is 2.50 bits per heavy atom. The summed E-state index contributed by atoms with van der Waals surface area (Å²) in [6, 6.07) is 0. The minimum atomic E-state index is -0.705. The summed E-state index contributed by atoms with van der Waals surface area (Å²) in [5.41, 5.74) is 1.01. The van der Waals surface area contributed by atoms with Gasteiger partial charge >= 0.3 is 5.97 Å². The average Bonchev–Trinajstić information content (AvgIpc) is 2.11. The predicted molar refractivity (Wildman–Crippen MR) is 63.2 cm³/mol. The molecule has 0 saturated carbocycles. The van der Waals surface area contributed by atoms with Gasteiger partial charge in [-0.3, -0.25) is 0 Å². The lowest BCUT2D eigenvalue weighted by molar-refractivity contribution is -0.139. The molecule has 0 aromatic carbocycles. The van der Waals surface area contributed by atoms with Gasteiger partial charge in [0.1, 0.15) is 0 Å². The summed E-state index contributed by atoms with van der Waals surface area (Å²) in [5, 5.41) is 0. The molecule has 3 heteroatoms. The lowest BCUT2D eigenvalue weighted by atomic mass is 10.3. The van der Waals surface area contributed by atoms with E-state index in [1.165, 1.54) is 0 Å². The zero-order chi connectivity index (χ0) is 11.1. The van der Waals surface area contributed by atoms with Crippen LogP contribution in [0.15, 0.2) is 24.8 Å². The zero-order valence-electron chi connectivity index (χ0n) is 9.38. The molecule has 0 amide bonds. The third kappa shape index (κ3) is 5.02. The summed E-state index contributed by atoms with van der Waals surface area (Å²) in [7, 11) is -0.705. The highest BCUT2D eigenvalue weighted by molar-refractivity contribution is 6.58. The second-order valence-corrected chi connectivity index (χ2v) is 7.19. The lowest BCUT2D eigenvalue weighted by Gasteiger charge is -2.14. The minimum Gasteiger partial charge on any atom is -0.462 e. The molecule has 1 unspecified atom stereocenters. The number of carbonyl (C=O) groups excluding carboxylic acids is 1. The molecule has 0 saturated heterocycles. The fourth-order valence-corrected chi connectivity index (χ4v) is 2.48. The molecule has 0 radical (unpaired) electrons. The third-order valence-corrected chi connectivity index (χ3v) is 4.51. The second-order valence-electron chi connectivity index (χ2n) is 3.85. The van der Waals surface area contributed by atoms with Gasteiger partial charge < -0.3 is 4.74 Å². The predicted octanol–water partition coefficient (Wildman–Crippen LogP) is 2.54. The van der Waals surface area contributed by atoms with Crippen molar-refractivity contribution >= 4 is 14.8 Å². The summed E-state index contributed by atoms with van der Waals surface area (Å²) in [6.07, 6.45) is 2.87. The van der Waals surface area contributed by atoms with Gasteiger partial charge in [-0.1, -0.05) is 25.7 Å². The van der Waals surface area contributed by atoms with Gasteiger partial charge in [0.25, 0.3) is 0 Å². The van der Waals surface area contributed by atoms with E-state index in [1.807, 2.05) is 6.08 Å². The molecular formula is C11H20O2Si. The van der Waals surface area contributed by atoms with Gasteiger partial charge in [-0.15, -0.1) is 6.58 Å². The smallest absolute Gasteiger partial charge is 0.333 e. The third-order valence-electron chi connectivity index (χ3n) is 2.19. The van der Waals surface area contributed by atoms with E-state index in [9.17, 15) is 4.79 Å². The van der Waals surface area contributed by atoms with Crippen molar-refractivity contribution < 1.29 is 9.53 Å². The molecule has 0 aliphatic heterocycles. The molecule has 80 valence electrons. The maximum Gasteiger partial charge on any atom is 0.333 e. The normalized spacial score (nSPS) is 12.3. The molecule has 0 aromatic heterocycles. The Morgan fingerprint density at radius 1 is 1.57 bits per heavy atom. The van der Waals surface area contributed by atoms with Gasteiger partial charge in [-0.2, -0.15) is 0 Å². The summed E-state index contributed by atoms with van der Waals surface area (Å²) in [6.45, 7) is 14.0. The molecular weight excluding hydrogens is 192 g/mol. The lowest BCUT2D eigenvalue weighted by Crippen LogP contribution is -2.14. The van der Waals surface area contributed by atoms with Gasteiger partial charge in [0.2, 0.25) is 0 Å². The summed E-state index contributed by atoms with van der Waals surface area (Å²) >= 11 is 0. The molecule has 0 fully saturated rings. The van der Waals surface area contributed by atoms with Gasteiger partial charge in [0.05, 0.1) is 6.61 Å². The first-order chi connectivity index (χ1) is 6.49. The minimum absolute atomic E-state index is 0.293. The van der Waals surface area contributed by atoms with Crippen LogP contribution in [-0.4, -0.2) is 21.4 Å². The largest absolute Gasteiger partial charge is 0.462 e. The Morgan fingerprint density at radius 2 is 2.14 bits per heavy atom. The van der Waals surface area contributed by atoms with Crippen LogP contribution in [0.2, 0.25) is 18.6 Å². The zero-order valence-corrected chi connectivity index (χ0v) is 10.5. The quantitative estimate of drug-likeness (QED) is 0.293. The van der Waals surface area contributed by atoms with Crippen LogP contribution in [0.3, 0.4) is 0 Å². The van der Waals surface area contributed by atoms with Crippen LogP contribution in [0.5, 0.6) is 0 Å². The summed E-state index contributed by atoms with van der Waals surface area (Å²) < 4.78 is 5.02. The molecule has 14 heavy (non-hydrogen) atoms. The molecule has 0 aromatic rings. The summed E-state index contributed by atoms with van der Waals surface area (Å²) in [5.74, 6) is -0.293. The van der Waals surface area contributed by atoms with Crippen molar-refractivity contribution in [3.8, 4) is 0 Å². The van der Waals surface area contributed by atoms with Gasteiger partial charge in [-0.05, 0) is 18.9 Å². The van der Waals surface area contributed by atoms with Crippen molar-refractivity contribution in [3.63, 3.8) is 0 Å². The van der Waals surface area contributed by atoms with E-state index >= 15 is 0 Å². The van der Waals surface area contributed by atoms with E-state index in [0.717, 1.165) is 6.42 Å². The van der Waals surface area contributed by atoms with Crippen LogP contribution < -0.4 is 0 Å². The highest BCUT2D eigenvalue weighted by Gasteiger charge is 2.11. The fourth-order valence-electron chi connectivity index (χ4n) is 1.13. The Labute approximate surface area is 88.3 Å². The first kappa shape index (κ1) is 13.2. The van der Waals surface area contributed by atoms with Gasteiger partial charge in [0, 0.05) is 14.4 Å². The van der Waals surface area contributed by atoms with Crippen molar-refractivity contribution in [2.75, 3.05) is 6.61 Å². The average molecular weight is 212 g/mol. The van der Waals surface area contributed by atoms with Gasteiger partial charge in [-0.25, -0.2) is 4.79 Å². The van der Waals surface area contributed by atoms with Crippen molar-refractivity contribution in [3.05, 3.63) is 24.8 Å². The maximum absolute atomic E-state index is 11.0. The van der Waals surface area contributed by atoms with Crippen molar-refractivity contribution in [1.29, 1.82) is 0 Å². The van der Waals surface area contributed by atoms with E-state index in [2.05, 4.69) is 26.3 Å². The molecule has 0 bridgehead atoms. The van der Waals surface area contributed by atoms with Crippen molar-refractivity contribution in [1.82, 2.24) is 0 Å². The van der Waals surface area contributed by atoms with E-state index in [1.54, 1.807) is 6.92 Å². The Hall–Kier alpha value is -0.833. The summed E-state index contributed by atoms with van der Waals surface area (Å²) in [4.78, 5) is 11.0. The van der Waals surface area contributed by atoms with Crippen LogP contribution >= 0.6 is 0 Å². The highest BCUT2D eigenvalue weighted by Crippen LogP contribution is 2.16. The highest BCUT2D eigenvalue weighted by atomic mass is 28.3. The van der Waals surface area contributed by atoms with Gasteiger partial charge in [0.15, 0.2) is 0 Å². The number of esters is 1. The monoisotopic (exact) mass is 212 g/mol. The maximum atomic E-state index is 11.0. The van der Waals surface area contributed by atoms with E-state index in [0.29, 0.717) is 17.7 Å². The molecule has 0 rings (SSSR count). The van der Waals surface area contributed by atoms with Crippen molar-refractivity contribution in [2.24, 2.45) is 0 Å². The SMILES string of the molecule is C=CC(CCOC(=O)C(=C)C)[SiH](C)C. The number of allylic oxidation sites excluding steroid dienone is 1. The molecule has 1 atom stereocenters. The fraction of sp³-hybridized carbons (Fsp3) is 0.545. The van der Waals surface area contributed by atoms with E-state index in [4.69, 9.17) is 4.74 Å². The van der Waals surface area contributed by atoms with Crippen LogP contribution in [0.25, 0.3) is 0 Å². The first-order valence-corrected chi connectivity index (χ1v) is 7.91. The molecule has 2 nitrogen and oxygen atoms in total. The van der Waals surface area contributed by atoms with Crippen LogP contribution in [0.1, 0.15) is 13.3 Å². The number of ether oxygens (including phenoxy) is 1. The standard InChI is InChI=1S/C11H20O2Si/c1-6-10(14(4)5)7-8-13-11(12)9(2)3/h6,10,14H,1-2,7-8H2,3-5H3. The topological polar surface area (TPSA) is 26.3 Å². The van der Waals surface area contributed by atoms with E-state index in [-0.39, 0.29) is 5.97 Å². The first-order valence-electron chi connectivity index (χ1n) is 4.94. The van der Waals surface area contributed by atoms with Crippen molar-refractivity contribution in [2.45, 2.75) is 32.0 Å². The number of rotatable bonds is 6. The molecule has 0 N–H and O–H groups in total. The number of hydrogen-bond acceptors (Lipinski definition) is 2. The van der Waals surface area contributed by atoms with Crippen LogP contribution in [0, 0.1) is 0 Å². The van der Waals surface area contributed by atoms with E-state index < -0.39 is 8.80 Å². The Kier molecular flexibility index (Phi) is 6.20. The molecule has 0 aliphatic rings. The molecule has 0 spiro atoms. The molecule has 0 heterocycles. The Balaban J connectivity index is 3.77. The second kappa shape index (κ2) is 6.60. The number of hydrogen-bond donors (Lipinski definition) is 0. The number of carbonyl (C=O) groups is 1. The van der Waals surface area contributed by atoms with Crippen LogP contribution in [-0.2, 0) is 9.53 Å². The van der Waals surface area contributed by atoms with Crippen LogP contribution in [0.4, 0.5) is 0 Å².